The van der Waals surface area contributed by atoms with Crippen LogP contribution in [0.4, 0.5) is 5.69 Å². The summed E-state index contributed by atoms with van der Waals surface area (Å²) in [5.74, 6) is -0.0278. The van der Waals surface area contributed by atoms with Crippen LogP contribution in [0, 0.1) is 0 Å². The lowest BCUT2D eigenvalue weighted by Crippen LogP contribution is -2.38. The van der Waals surface area contributed by atoms with Crippen LogP contribution in [0.5, 0.6) is 0 Å². The second-order valence-electron chi connectivity index (χ2n) is 5.51. The second kappa shape index (κ2) is 5.74. The molecule has 3 rings (SSSR count). The van der Waals surface area contributed by atoms with E-state index in [9.17, 15) is 8.42 Å². The number of sulfonamides is 1. The molecule has 22 heavy (non-hydrogen) atoms. The van der Waals surface area contributed by atoms with Crippen molar-refractivity contribution < 1.29 is 13.2 Å². The summed E-state index contributed by atoms with van der Waals surface area (Å²) >= 11 is 0. The van der Waals surface area contributed by atoms with Crippen LogP contribution in [-0.4, -0.2) is 27.4 Å². The molecule has 0 amide bonds. The molecular weight excluding hydrogens is 298 g/mol. The molecule has 5 heteroatoms. The van der Waals surface area contributed by atoms with Crippen molar-refractivity contribution in [2.24, 2.45) is 0 Å². The van der Waals surface area contributed by atoms with Gasteiger partial charge in [-0.15, -0.1) is 0 Å². The van der Waals surface area contributed by atoms with Gasteiger partial charge in [-0.1, -0.05) is 42.5 Å². The lowest BCUT2D eigenvalue weighted by molar-refractivity contribution is 0.136. The van der Waals surface area contributed by atoms with Crippen molar-refractivity contribution in [1.82, 2.24) is 0 Å². The number of hydrogen-bond acceptors (Lipinski definition) is 3. The van der Waals surface area contributed by atoms with E-state index in [2.05, 4.69) is 0 Å². The third kappa shape index (κ3) is 2.62. The highest BCUT2D eigenvalue weighted by Crippen LogP contribution is 2.40. The number of benzene rings is 2. The molecule has 4 nitrogen and oxygen atoms in total. The molecule has 0 saturated carbocycles. The molecule has 0 bridgehead atoms. The summed E-state index contributed by atoms with van der Waals surface area (Å²) in [6, 6.07) is 15.6. The number of para-hydroxylation sites is 1. The predicted molar refractivity (Wildman–Crippen MR) is 88.3 cm³/mol. The van der Waals surface area contributed by atoms with Gasteiger partial charge in [0.2, 0.25) is 10.0 Å². The summed E-state index contributed by atoms with van der Waals surface area (Å²) in [7, 11) is -1.92. The van der Waals surface area contributed by atoms with Gasteiger partial charge < -0.3 is 4.74 Å². The van der Waals surface area contributed by atoms with Crippen LogP contribution in [0.15, 0.2) is 48.5 Å². The normalized spacial score (nSPS) is 15.1. The van der Waals surface area contributed by atoms with Gasteiger partial charge in [0.05, 0.1) is 24.1 Å². The molecule has 0 spiro atoms. The SMILES string of the molecule is COC(C)CS(=O)(=O)N1Cc2ccccc2-c2ccccc21. The van der Waals surface area contributed by atoms with Gasteiger partial charge in [-0.25, -0.2) is 8.42 Å². The summed E-state index contributed by atoms with van der Waals surface area (Å²) in [6.45, 7) is 2.13. The van der Waals surface area contributed by atoms with E-state index in [1.54, 1.807) is 6.92 Å². The van der Waals surface area contributed by atoms with Crippen LogP contribution in [0.2, 0.25) is 0 Å². The summed E-state index contributed by atoms with van der Waals surface area (Å²) in [5.41, 5.74) is 3.82. The summed E-state index contributed by atoms with van der Waals surface area (Å²) in [5, 5.41) is 0. The molecule has 1 heterocycles. The van der Waals surface area contributed by atoms with Crippen molar-refractivity contribution in [2.45, 2.75) is 19.6 Å². The Balaban J connectivity index is 2.09. The minimum absolute atomic E-state index is 0.0278. The lowest BCUT2D eigenvalue weighted by Gasteiger charge is -2.32. The number of hydrogen-bond donors (Lipinski definition) is 0. The van der Waals surface area contributed by atoms with Crippen LogP contribution in [0.25, 0.3) is 11.1 Å². The molecule has 0 radical (unpaired) electrons. The van der Waals surface area contributed by atoms with E-state index in [4.69, 9.17) is 4.74 Å². The largest absolute Gasteiger partial charge is 0.381 e. The molecule has 116 valence electrons. The Labute approximate surface area is 131 Å². The van der Waals surface area contributed by atoms with Crippen molar-refractivity contribution in [3.05, 3.63) is 54.1 Å². The maximum absolute atomic E-state index is 12.8. The van der Waals surface area contributed by atoms with Crippen LogP contribution >= 0.6 is 0 Å². The fraction of sp³-hybridized carbons (Fsp3) is 0.294. The first-order chi connectivity index (χ1) is 10.5. The predicted octanol–water partition coefficient (Wildman–Crippen LogP) is 3.04. The molecule has 0 aromatic heterocycles. The van der Waals surface area contributed by atoms with Crippen molar-refractivity contribution in [3.63, 3.8) is 0 Å². The third-order valence-electron chi connectivity index (χ3n) is 3.98. The molecule has 2 aromatic carbocycles. The number of fused-ring (bicyclic) bond motifs is 3. The summed E-state index contributed by atoms with van der Waals surface area (Å²) in [4.78, 5) is 0. The molecule has 1 aliphatic rings. The summed E-state index contributed by atoms with van der Waals surface area (Å²) < 4.78 is 32.2. The first kappa shape index (κ1) is 15.1. The number of nitrogens with zero attached hydrogens (tertiary/aromatic N) is 1. The zero-order chi connectivity index (χ0) is 15.7. The van der Waals surface area contributed by atoms with E-state index in [1.807, 2.05) is 48.5 Å². The molecule has 1 unspecified atom stereocenters. The highest BCUT2D eigenvalue weighted by molar-refractivity contribution is 7.92. The minimum atomic E-state index is -3.44. The van der Waals surface area contributed by atoms with Crippen molar-refractivity contribution >= 4 is 15.7 Å². The number of rotatable bonds is 4. The molecule has 2 aromatic rings. The van der Waals surface area contributed by atoms with Crippen molar-refractivity contribution in [2.75, 3.05) is 17.2 Å². The Hall–Kier alpha value is -1.85. The van der Waals surface area contributed by atoms with Crippen LogP contribution in [0.3, 0.4) is 0 Å². The number of methoxy groups -OCH3 is 1. The molecule has 1 atom stereocenters. The van der Waals surface area contributed by atoms with E-state index >= 15 is 0 Å². The number of anilines is 1. The standard InChI is InChI=1S/C17H19NO3S/c1-13(21-2)12-22(19,20)18-11-14-7-3-4-8-15(14)16-9-5-6-10-17(16)18/h3-10,13H,11-12H2,1-2H3. The smallest absolute Gasteiger partial charge is 0.238 e. The zero-order valence-corrected chi connectivity index (χ0v) is 13.5. The average Bonchev–Trinajstić information content (AvgIpc) is 2.53. The molecule has 1 aliphatic heterocycles. The van der Waals surface area contributed by atoms with Crippen molar-refractivity contribution in [3.8, 4) is 11.1 Å². The Kier molecular flexibility index (Phi) is 3.93. The van der Waals surface area contributed by atoms with Gasteiger partial charge in [-0.2, -0.15) is 0 Å². The maximum atomic E-state index is 12.8. The third-order valence-corrected chi connectivity index (χ3v) is 5.87. The molecule has 0 N–H and O–H groups in total. The topological polar surface area (TPSA) is 46.6 Å². The molecular formula is C17H19NO3S. The van der Waals surface area contributed by atoms with Crippen LogP contribution in [0.1, 0.15) is 12.5 Å². The lowest BCUT2D eigenvalue weighted by atomic mass is 9.95. The van der Waals surface area contributed by atoms with Gasteiger partial charge >= 0.3 is 0 Å². The van der Waals surface area contributed by atoms with Gasteiger partial charge in [0.1, 0.15) is 0 Å². The highest BCUT2D eigenvalue weighted by Gasteiger charge is 2.31. The monoisotopic (exact) mass is 317 g/mol. The molecule has 0 fully saturated rings. The Morgan fingerprint density at radius 2 is 1.73 bits per heavy atom. The number of ether oxygens (including phenoxy) is 1. The van der Waals surface area contributed by atoms with Crippen molar-refractivity contribution in [1.29, 1.82) is 0 Å². The second-order valence-corrected chi connectivity index (χ2v) is 7.44. The fourth-order valence-corrected chi connectivity index (χ4v) is 4.49. The average molecular weight is 317 g/mol. The Bertz CT molecular complexity index is 786. The van der Waals surface area contributed by atoms with E-state index in [0.29, 0.717) is 6.54 Å². The molecule has 0 aliphatic carbocycles. The zero-order valence-electron chi connectivity index (χ0n) is 12.7. The van der Waals surface area contributed by atoms with Gasteiger partial charge in [0.15, 0.2) is 0 Å². The maximum Gasteiger partial charge on any atom is 0.238 e. The van der Waals surface area contributed by atoms with E-state index < -0.39 is 10.0 Å². The van der Waals surface area contributed by atoms with E-state index in [0.717, 1.165) is 22.4 Å². The quantitative estimate of drug-likeness (QED) is 0.871. The van der Waals surface area contributed by atoms with Crippen LogP contribution < -0.4 is 4.31 Å². The van der Waals surface area contributed by atoms with E-state index in [1.165, 1.54) is 11.4 Å². The minimum Gasteiger partial charge on any atom is -0.381 e. The Morgan fingerprint density at radius 3 is 2.45 bits per heavy atom. The van der Waals surface area contributed by atoms with Gasteiger partial charge in [0, 0.05) is 12.7 Å². The first-order valence-electron chi connectivity index (χ1n) is 7.23. The highest BCUT2D eigenvalue weighted by atomic mass is 32.2. The van der Waals surface area contributed by atoms with E-state index in [-0.39, 0.29) is 11.9 Å². The van der Waals surface area contributed by atoms with Gasteiger partial charge in [0.25, 0.3) is 0 Å². The Morgan fingerprint density at radius 1 is 1.09 bits per heavy atom. The molecule has 0 saturated heterocycles. The van der Waals surface area contributed by atoms with Gasteiger partial charge in [-0.3, -0.25) is 4.31 Å². The van der Waals surface area contributed by atoms with Crippen LogP contribution in [-0.2, 0) is 21.3 Å². The van der Waals surface area contributed by atoms with Gasteiger partial charge in [-0.05, 0) is 24.1 Å². The first-order valence-corrected chi connectivity index (χ1v) is 8.84. The fourth-order valence-electron chi connectivity index (χ4n) is 2.78. The summed E-state index contributed by atoms with van der Waals surface area (Å²) in [6.07, 6.45) is -0.339.